The fourth-order valence-corrected chi connectivity index (χ4v) is 4.44. The van der Waals surface area contributed by atoms with E-state index in [0.29, 0.717) is 26.2 Å². The normalized spacial score (nSPS) is 25.1. The van der Waals surface area contributed by atoms with Gasteiger partial charge >= 0.3 is 0 Å². The van der Waals surface area contributed by atoms with Gasteiger partial charge in [0.1, 0.15) is 0 Å². The van der Waals surface area contributed by atoms with E-state index in [4.69, 9.17) is 0 Å². The second-order valence-corrected chi connectivity index (χ2v) is 7.77. The summed E-state index contributed by atoms with van der Waals surface area (Å²) >= 11 is 0. The number of sulfonamides is 1. The number of likely N-dealkylation sites (N-methyl/N-ethyl adjacent to an activating group) is 1. The van der Waals surface area contributed by atoms with Gasteiger partial charge < -0.3 is 9.47 Å². The summed E-state index contributed by atoms with van der Waals surface area (Å²) in [4.78, 5) is 19.8. The molecule has 8 nitrogen and oxygen atoms in total. The summed E-state index contributed by atoms with van der Waals surface area (Å²) in [5, 5.41) is 0.0835. The molecule has 0 bridgehead atoms. The van der Waals surface area contributed by atoms with Crippen molar-refractivity contribution in [2.24, 2.45) is 7.05 Å². The second-order valence-electron chi connectivity index (χ2n) is 5.88. The molecular formula is C13H21N5O3S. The predicted molar refractivity (Wildman–Crippen MR) is 79.6 cm³/mol. The molecule has 2 aliphatic heterocycles. The molecule has 1 unspecified atom stereocenters. The molecule has 2 aliphatic rings. The van der Waals surface area contributed by atoms with Crippen molar-refractivity contribution in [1.82, 2.24) is 23.7 Å². The van der Waals surface area contributed by atoms with Crippen molar-refractivity contribution >= 4 is 15.9 Å². The second kappa shape index (κ2) is 5.64. The van der Waals surface area contributed by atoms with E-state index in [-0.39, 0.29) is 17.0 Å². The number of carbonyl (C=O) groups excluding carboxylic acids is 1. The number of amides is 1. The maximum absolute atomic E-state index is 12.5. The van der Waals surface area contributed by atoms with Crippen LogP contribution < -0.4 is 0 Å². The largest absolute Gasteiger partial charge is 0.344 e. The molecule has 2 saturated heterocycles. The van der Waals surface area contributed by atoms with Crippen LogP contribution in [-0.4, -0.2) is 83.8 Å². The van der Waals surface area contributed by atoms with Crippen LogP contribution in [0.25, 0.3) is 0 Å². The van der Waals surface area contributed by atoms with Crippen LogP contribution in [0, 0.1) is 0 Å². The number of nitrogens with zero attached hydrogens (tertiary/aromatic N) is 5. The molecule has 3 heterocycles. The molecular weight excluding hydrogens is 306 g/mol. The lowest BCUT2D eigenvalue weighted by atomic mass is 10.2. The van der Waals surface area contributed by atoms with Gasteiger partial charge in [-0.05, 0) is 6.42 Å². The van der Waals surface area contributed by atoms with Crippen molar-refractivity contribution in [2.75, 3.05) is 39.8 Å². The average Bonchev–Trinajstić information content (AvgIpc) is 3.07. The molecule has 1 aromatic rings. The first-order chi connectivity index (χ1) is 10.4. The van der Waals surface area contributed by atoms with Gasteiger partial charge in [0.25, 0.3) is 10.0 Å². The third-order valence-electron chi connectivity index (χ3n) is 4.40. The number of aromatic nitrogens is 2. The van der Waals surface area contributed by atoms with Crippen LogP contribution in [0.1, 0.15) is 6.42 Å². The number of hydrogen-bond acceptors (Lipinski definition) is 5. The Morgan fingerprint density at radius 1 is 1.14 bits per heavy atom. The maximum atomic E-state index is 12.5. The van der Waals surface area contributed by atoms with Crippen molar-refractivity contribution in [2.45, 2.75) is 17.5 Å². The molecule has 1 atom stereocenters. The smallest absolute Gasteiger partial charge is 0.262 e. The maximum Gasteiger partial charge on any atom is 0.262 e. The zero-order valence-corrected chi connectivity index (χ0v) is 13.7. The predicted octanol–water partition coefficient (Wildman–Crippen LogP) is -1.04. The first-order valence-electron chi connectivity index (χ1n) is 7.37. The van der Waals surface area contributed by atoms with Crippen molar-refractivity contribution in [3.63, 3.8) is 0 Å². The highest BCUT2D eigenvalue weighted by molar-refractivity contribution is 7.89. The van der Waals surface area contributed by atoms with Gasteiger partial charge in [-0.15, -0.1) is 0 Å². The average molecular weight is 327 g/mol. The Morgan fingerprint density at radius 2 is 1.82 bits per heavy atom. The number of likely N-dealkylation sites (tertiary alicyclic amines) is 1. The molecule has 1 amide bonds. The highest BCUT2D eigenvalue weighted by atomic mass is 32.2. The van der Waals surface area contributed by atoms with Crippen LogP contribution in [0.3, 0.4) is 0 Å². The van der Waals surface area contributed by atoms with Gasteiger partial charge in [0, 0.05) is 53.0 Å². The van der Waals surface area contributed by atoms with Gasteiger partial charge in [0.05, 0.1) is 12.4 Å². The van der Waals surface area contributed by atoms with E-state index >= 15 is 0 Å². The Kier molecular flexibility index (Phi) is 3.96. The van der Waals surface area contributed by atoms with Crippen LogP contribution in [0.2, 0.25) is 0 Å². The first kappa shape index (κ1) is 15.4. The molecule has 0 radical (unpaired) electrons. The Bertz CT molecular complexity index is 663. The molecule has 2 fully saturated rings. The zero-order chi connectivity index (χ0) is 15.9. The summed E-state index contributed by atoms with van der Waals surface area (Å²) in [5.74, 6) is 0.140. The number of carbonyl (C=O) groups is 1. The quantitative estimate of drug-likeness (QED) is 0.708. The fraction of sp³-hybridized carbons (Fsp3) is 0.692. The standard InChI is InChI=1S/C13H21N5O3S/c1-15-9-12(14-10-15)22(20,21)18-7-5-17(6-8-18)11-3-4-16(2)13(11)19/h9-11H,3-8H2,1-2H3. The van der Waals surface area contributed by atoms with Crippen LogP contribution >= 0.6 is 0 Å². The minimum Gasteiger partial charge on any atom is -0.344 e. The van der Waals surface area contributed by atoms with Crippen LogP contribution in [-0.2, 0) is 21.9 Å². The molecule has 0 N–H and O–H groups in total. The highest BCUT2D eigenvalue weighted by Gasteiger charge is 2.37. The highest BCUT2D eigenvalue weighted by Crippen LogP contribution is 2.20. The third-order valence-corrected chi connectivity index (χ3v) is 6.18. The van der Waals surface area contributed by atoms with Crippen LogP contribution in [0.5, 0.6) is 0 Å². The SMILES string of the molecule is CN1CCC(N2CCN(S(=O)(=O)c3cn(C)cn3)CC2)C1=O. The van der Waals surface area contributed by atoms with Crippen LogP contribution in [0.4, 0.5) is 0 Å². The molecule has 1 aromatic heterocycles. The monoisotopic (exact) mass is 327 g/mol. The molecule has 3 rings (SSSR count). The van der Waals surface area contributed by atoms with E-state index in [0.717, 1.165) is 13.0 Å². The van der Waals surface area contributed by atoms with Crippen molar-refractivity contribution in [3.8, 4) is 0 Å². The summed E-state index contributed by atoms with van der Waals surface area (Å²) in [7, 11) is 0.0188. The lowest BCUT2D eigenvalue weighted by Gasteiger charge is -2.36. The number of piperazine rings is 1. The van der Waals surface area contributed by atoms with Gasteiger partial charge in [-0.1, -0.05) is 0 Å². The molecule has 22 heavy (non-hydrogen) atoms. The molecule has 122 valence electrons. The number of rotatable bonds is 3. The number of hydrogen-bond donors (Lipinski definition) is 0. The van der Waals surface area contributed by atoms with E-state index in [1.165, 1.54) is 16.8 Å². The Morgan fingerprint density at radius 3 is 2.32 bits per heavy atom. The molecule has 0 spiro atoms. The topological polar surface area (TPSA) is 78.8 Å². The lowest BCUT2D eigenvalue weighted by molar-refractivity contribution is -0.131. The fourth-order valence-electron chi connectivity index (χ4n) is 3.05. The van der Waals surface area contributed by atoms with E-state index in [9.17, 15) is 13.2 Å². The van der Waals surface area contributed by atoms with Crippen molar-refractivity contribution < 1.29 is 13.2 Å². The van der Waals surface area contributed by atoms with Crippen molar-refractivity contribution in [3.05, 3.63) is 12.5 Å². The van der Waals surface area contributed by atoms with Crippen LogP contribution in [0.15, 0.2) is 17.6 Å². The van der Waals surface area contributed by atoms with E-state index in [2.05, 4.69) is 9.88 Å². The third kappa shape index (κ3) is 2.64. The van der Waals surface area contributed by atoms with E-state index in [1.807, 2.05) is 7.05 Å². The summed E-state index contributed by atoms with van der Waals surface area (Å²) in [6.07, 6.45) is 3.82. The minimum absolute atomic E-state index is 0.0835. The Labute approximate surface area is 130 Å². The first-order valence-corrected chi connectivity index (χ1v) is 8.81. The Hall–Kier alpha value is -1.45. The van der Waals surface area contributed by atoms with E-state index in [1.54, 1.807) is 16.5 Å². The van der Waals surface area contributed by atoms with Gasteiger partial charge in [0.15, 0.2) is 5.03 Å². The van der Waals surface area contributed by atoms with Gasteiger partial charge in [0.2, 0.25) is 5.91 Å². The Balaban J connectivity index is 1.66. The summed E-state index contributed by atoms with van der Waals surface area (Å²) < 4.78 is 28.1. The lowest BCUT2D eigenvalue weighted by Crippen LogP contribution is -2.53. The molecule has 0 saturated carbocycles. The van der Waals surface area contributed by atoms with E-state index < -0.39 is 10.0 Å². The minimum atomic E-state index is -3.53. The molecule has 0 aromatic carbocycles. The number of aryl methyl sites for hydroxylation is 1. The zero-order valence-electron chi connectivity index (χ0n) is 12.8. The number of imidazole rings is 1. The van der Waals surface area contributed by atoms with Gasteiger partial charge in [-0.25, -0.2) is 13.4 Å². The van der Waals surface area contributed by atoms with Gasteiger partial charge in [-0.2, -0.15) is 4.31 Å². The summed E-state index contributed by atoms with van der Waals surface area (Å²) in [6, 6.07) is -0.0929. The molecule has 0 aliphatic carbocycles. The van der Waals surface area contributed by atoms with Crippen molar-refractivity contribution in [1.29, 1.82) is 0 Å². The summed E-state index contributed by atoms with van der Waals surface area (Å²) in [5.41, 5.74) is 0. The molecule has 9 heteroatoms. The van der Waals surface area contributed by atoms with Gasteiger partial charge in [-0.3, -0.25) is 9.69 Å². The summed E-state index contributed by atoms with van der Waals surface area (Å²) in [6.45, 7) is 2.72.